The van der Waals surface area contributed by atoms with E-state index in [1.54, 1.807) is 0 Å². The second kappa shape index (κ2) is 5.09. The topological polar surface area (TPSA) is 15.3 Å². The van der Waals surface area contributed by atoms with Crippen molar-refractivity contribution in [3.63, 3.8) is 0 Å². The first-order valence-corrected chi connectivity index (χ1v) is 7.68. The molecule has 2 aliphatic rings. The summed E-state index contributed by atoms with van der Waals surface area (Å²) < 4.78 is 0. The zero-order valence-corrected chi connectivity index (χ0v) is 11.4. The average Bonchev–Trinajstić information content (AvgIpc) is 2.96. The number of thiophene rings is 1. The highest BCUT2D eigenvalue weighted by molar-refractivity contribution is 7.09. The van der Waals surface area contributed by atoms with Gasteiger partial charge < -0.3 is 10.2 Å². The molecular formula is C14H22N2S. The van der Waals surface area contributed by atoms with E-state index >= 15 is 0 Å². The van der Waals surface area contributed by atoms with Gasteiger partial charge in [0.1, 0.15) is 0 Å². The molecule has 2 unspecified atom stereocenters. The minimum absolute atomic E-state index is 0.808. The molecule has 1 aromatic heterocycles. The fourth-order valence-electron chi connectivity index (χ4n) is 3.31. The predicted octanol–water partition coefficient (Wildman–Crippen LogP) is 2.51. The molecule has 0 amide bonds. The number of likely N-dealkylation sites (N-methyl/N-ethyl adjacent to an activating group) is 1. The number of piperidine rings is 1. The molecule has 3 heterocycles. The summed E-state index contributed by atoms with van der Waals surface area (Å²) in [5.74, 6) is 0. The van der Waals surface area contributed by atoms with Crippen molar-refractivity contribution in [3.05, 3.63) is 22.4 Å². The van der Waals surface area contributed by atoms with Gasteiger partial charge in [-0.2, -0.15) is 0 Å². The highest BCUT2D eigenvalue weighted by Crippen LogP contribution is 2.29. The molecule has 2 bridgehead atoms. The Morgan fingerprint density at radius 1 is 1.35 bits per heavy atom. The van der Waals surface area contributed by atoms with Crippen LogP contribution < -0.4 is 5.32 Å². The van der Waals surface area contributed by atoms with Crippen LogP contribution in [0.4, 0.5) is 0 Å². The Balaban J connectivity index is 1.50. The lowest BCUT2D eigenvalue weighted by Gasteiger charge is -2.35. The van der Waals surface area contributed by atoms with Crippen LogP contribution >= 0.6 is 11.3 Å². The van der Waals surface area contributed by atoms with Crippen LogP contribution in [0, 0.1) is 0 Å². The molecule has 3 heteroatoms. The van der Waals surface area contributed by atoms with Crippen molar-refractivity contribution in [2.24, 2.45) is 0 Å². The van der Waals surface area contributed by atoms with Gasteiger partial charge in [0.15, 0.2) is 0 Å². The molecule has 2 atom stereocenters. The minimum atomic E-state index is 0.808. The number of fused-ring (bicyclic) bond motifs is 2. The maximum atomic E-state index is 3.72. The molecule has 2 fully saturated rings. The van der Waals surface area contributed by atoms with Gasteiger partial charge in [-0.1, -0.05) is 6.07 Å². The summed E-state index contributed by atoms with van der Waals surface area (Å²) in [6.45, 7) is 1.21. The van der Waals surface area contributed by atoms with E-state index in [-0.39, 0.29) is 0 Å². The summed E-state index contributed by atoms with van der Waals surface area (Å²) in [6, 6.07) is 6.84. The summed E-state index contributed by atoms with van der Waals surface area (Å²) in [5, 5.41) is 5.90. The number of nitrogens with one attached hydrogen (secondary N) is 1. The Hall–Kier alpha value is -0.380. The van der Waals surface area contributed by atoms with Gasteiger partial charge in [0.2, 0.25) is 0 Å². The van der Waals surface area contributed by atoms with E-state index in [0.29, 0.717) is 0 Å². The van der Waals surface area contributed by atoms with Gasteiger partial charge in [0, 0.05) is 29.5 Å². The van der Waals surface area contributed by atoms with E-state index < -0.39 is 0 Å². The molecule has 94 valence electrons. The molecule has 0 spiro atoms. The van der Waals surface area contributed by atoms with Crippen LogP contribution in [0.5, 0.6) is 0 Å². The van der Waals surface area contributed by atoms with Crippen LogP contribution in [0.2, 0.25) is 0 Å². The van der Waals surface area contributed by atoms with E-state index in [4.69, 9.17) is 0 Å². The summed E-state index contributed by atoms with van der Waals surface area (Å²) in [4.78, 5) is 4.11. The van der Waals surface area contributed by atoms with Crippen molar-refractivity contribution in [1.82, 2.24) is 10.2 Å². The number of hydrogen-bond donors (Lipinski definition) is 1. The predicted molar refractivity (Wildman–Crippen MR) is 73.6 cm³/mol. The molecule has 17 heavy (non-hydrogen) atoms. The first kappa shape index (κ1) is 11.7. The molecule has 0 radical (unpaired) electrons. The largest absolute Gasteiger partial charge is 0.311 e. The number of hydrogen-bond acceptors (Lipinski definition) is 3. The van der Waals surface area contributed by atoms with Gasteiger partial charge in [-0.3, -0.25) is 0 Å². The molecule has 0 aliphatic carbocycles. The fraction of sp³-hybridized carbons (Fsp3) is 0.714. The maximum absolute atomic E-state index is 3.72. The van der Waals surface area contributed by atoms with Crippen molar-refractivity contribution in [3.8, 4) is 0 Å². The van der Waals surface area contributed by atoms with Crippen LogP contribution in [0.3, 0.4) is 0 Å². The van der Waals surface area contributed by atoms with E-state index in [0.717, 1.165) is 18.1 Å². The van der Waals surface area contributed by atoms with E-state index in [1.165, 1.54) is 43.5 Å². The normalized spacial score (nSPS) is 32.2. The summed E-state index contributed by atoms with van der Waals surface area (Å²) in [6.07, 6.45) is 6.74. The Labute approximate surface area is 108 Å². The van der Waals surface area contributed by atoms with Crippen LogP contribution in [0.1, 0.15) is 30.6 Å². The molecule has 2 saturated heterocycles. The maximum Gasteiger partial charge on any atom is 0.0122 e. The Bertz CT molecular complexity index is 337. The highest BCUT2D eigenvalue weighted by atomic mass is 32.1. The number of nitrogens with zero attached hydrogens (tertiary/aromatic N) is 1. The third-order valence-electron chi connectivity index (χ3n) is 4.36. The van der Waals surface area contributed by atoms with Crippen molar-refractivity contribution < 1.29 is 0 Å². The van der Waals surface area contributed by atoms with Crippen LogP contribution in [-0.4, -0.2) is 36.6 Å². The highest BCUT2D eigenvalue weighted by Gasteiger charge is 2.34. The molecular weight excluding hydrogens is 228 g/mol. The van der Waals surface area contributed by atoms with Gasteiger partial charge >= 0.3 is 0 Å². The van der Waals surface area contributed by atoms with Gasteiger partial charge in [-0.15, -0.1) is 11.3 Å². The molecule has 0 aromatic carbocycles. The van der Waals surface area contributed by atoms with E-state index in [1.807, 2.05) is 11.3 Å². The summed E-state index contributed by atoms with van der Waals surface area (Å²) in [5.41, 5.74) is 0. The summed E-state index contributed by atoms with van der Waals surface area (Å²) >= 11 is 1.89. The third-order valence-corrected chi connectivity index (χ3v) is 5.30. The fourth-order valence-corrected chi connectivity index (χ4v) is 4.01. The average molecular weight is 250 g/mol. The lowest BCUT2D eigenvalue weighted by Crippen LogP contribution is -2.47. The van der Waals surface area contributed by atoms with E-state index in [9.17, 15) is 0 Å². The first-order valence-electron chi connectivity index (χ1n) is 6.80. The second-order valence-corrected chi connectivity index (χ2v) is 6.61. The molecule has 2 nitrogen and oxygen atoms in total. The van der Waals surface area contributed by atoms with Gasteiger partial charge in [-0.25, -0.2) is 0 Å². The quantitative estimate of drug-likeness (QED) is 0.883. The van der Waals surface area contributed by atoms with Crippen LogP contribution in [0.15, 0.2) is 17.5 Å². The van der Waals surface area contributed by atoms with E-state index in [2.05, 4.69) is 34.8 Å². The van der Waals surface area contributed by atoms with Crippen molar-refractivity contribution in [2.45, 2.75) is 50.2 Å². The van der Waals surface area contributed by atoms with Crippen LogP contribution in [-0.2, 0) is 6.42 Å². The van der Waals surface area contributed by atoms with Gasteiger partial charge in [-0.05, 0) is 50.6 Å². The Kier molecular flexibility index (Phi) is 3.50. The smallest absolute Gasteiger partial charge is 0.0122 e. The first-order chi connectivity index (χ1) is 8.31. The van der Waals surface area contributed by atoms with Gasteiger partial charge in [0.25, 0.3) is 0 Å². The molecule has 2 aliphatic heterocycles. The Morgan fingerprint density at radius 3 is 2.76 bits per heavy atom. The second-order valence-electron chi connectivity index (χ2n) is 5.57. The van der Waals surface area contributed by atoms with Crippen molar-refractivity contribution in [1.29, 1.82) is 0 Å². The molecule has 1 N–H and O–H groups in total. The SMILES string of the molecule is CN(CCc1cccs1)C1CC2CCC(C1)N2. The lowest BCUT2D eigenvalue weighted by atomic mass is 9.98. The van der Waals surface area contributed by atoms with Gasteiger partial charge in [0.05, 0.1) is 0 Å². The van der Waals surface area contributed by atoms with Crippen molar-refractivity contribution in [2.75, 3.05) is 13.6 Å². The molecule has 0 saturated carbocycles. The molecule has 1 aromatic rings. The minimum Gasteiger partial charge on any atom is -0.311 e. The number of rotatable bonds is 4. The zero-order valence-electron chi connectivity index (χ0n) is 10.6. The van der Waals surface area contributed by atoms with Crippen molar-refractivity contribution >= 4 is 11.3 Å². The Morgan fingerprint density at radius 2 is 2.12 bits per heavy atom. The lowest BCUT2D eigenvalue weighted by molar-refractivity contribution is 0.174. The summed E-state index contributed by atoms with van der Waals surface area (Å²) in [7, 11) is 2.31. The van der Waals surface area contributed by atoms with Crippen LogP contribution in [0.25, 0.3) is 0 Å². The zero-order chi connectivity index (χ0) is 11.7. The standard InChI is InChI=1S/C14H22N2S/c1-16(7-6-14-3-2-8-17-14)13-9-11-4-5-12(10-13)15-11/h2-3,8,11-13,15H,4-7,9-10H2,1H3. The molecule has 3 rings (SSSR count). The monoisotopic (exact) mass is 250 g/mol. The third kappa shape index (κ3) is 2.72.